The molecule has 1 fully saturated rings. The summed E-state index contributed by atoms with van der Waals surface area (Å²) in [5, 5.41) is 10.8. The molecular formula is C14H26Cl2N4O. The molecule has 1 amide bonds. The van der Waals surface area contributed by atoms with E-state index in [1.54, 1.807) is 0 Å². The van der Waals surface area contributed by atoms with Crippen molar-refractivity contribution < 1.29 is 4.79 Å². The highest BCUT2D eigenvalue weighted by atomic mass is 35.5. The first-order chi connectivity index (χ1) is 9.08. The second kappa shape index (κ2) is 9.28. The van der Waals surface area contributed by atoms with Crippen LogP contribution in [0.15, 0.2) is 0 Å². The number of carbonyl (C=O) groups excluding carboxylic acids is 1. The van der Waals surface area contributed by atoms with Gasteiger partial charge in [0.1, 0.15) is 0 Å². The van der Waals surface area contributed by atoms with Crippen LogP contribution in [-0.4, -0.2) is 34.8 Å². The maximum atomic E-state index is 11.9. The number of piperidine rings is 1. The van der Waals surface area contributed by atoms with Crippen LogP contribution >= 0.6 is 24.8 Å². The first kappa shape index (κ1) is 20.2. The third-order valence-corrected chi connectivity index (χ3v) is 3.92. The molecule has 2 rings (SSSR count). The highest BCUT2D eigenvalue weighted by Gasteiger charge is 2.16. The first-order valence-electron chi connectivity index (χ1n) is 7.07. The van der Waals surface area contributed by atoms with Gasteiger partial charge >= 0.3 is 0 Å². The van der Waals surface area contributed by atoms with Gasteiger partial charge in [0.05, 0.1) is 5.69 Å². The van der Waals surface area contributed by atoms with E-state index in [0.717, 1.165) is 43.7 Å². The van der Waals surface area contributed by atoms with Gasteiger partial charge in [0.25, 0.3) is 0 Å². The first-order valence-corrected chi connectivity index (χ1v) is 7.07. The molecular weight excluding hydrogens is 311 g/mol. The largest absolute Gasteiger partial charge is 0.352 e. The van der Waals surface area contributed by atoms with Crippen molar-refractivity contribution in [2.24, 2.45) is 7.05 Å². The lowest BCUT2D eigenvalue weighted by Gasteiger charge is -2.23. The highest BCUT2D eigenvalue weighted by Crippen LogP contribution is 2.14. The Morgan fingerprint density at radius 2 is 2.14 bits per heavy atom. The van der Waals surface area contributed by atoms with Crippen LogP contribution < -0.4 is 10.6 Å². The van der Waals surface area contributed by atoms with Crippen molar-refractivity contribution >= 4 is 30.7 Å². The van der Waals surface area contributed by atoms with Gasteiger partial charge in [-0.1, -0.05) is 0 Å². The third-order valence-electron chi connectivity index (χ3n) is 3.92. The van der Waals surface area contributed by atoms with Crippen LogP contribution in [0.3, 0.4) is 0 Å². The fourth-order valence-electron chi connectivity index (χ4n) is 2.69. The number of aromatic nitrogens is 2. The highest BCUT2D eigenvalue weighted by molar-refractivity contribution is 5.85. The predicted octanol–water partition coefficient (Wildman–Crippen LogP) is 1.68. The zero-order chi connectivity index (χ0) is 13.8. The molecule has 0 bridgehead atoms. The molecule has 1 atom stereocenters. The lowest BCUT2D eigenvalue weighted by Crippen LogP contribution is -2.45. The molecule has 0 spiro atoms. The van der Waals surface area contributed by atoms with Gasteiger partial charge in [-0.05, 0) is 45.2 Å². The Hall–Kier alpha value is -0.780. The van der Waals surface area contributed by atoms with Crippen LogP contribution in [0.25, 0.3) is 0 Å². The fraction of sp³-hybridized carbons (Fsp3) is 0.714. The number of rotatable bonds is 4. The van der Waals surface area contributed by atoms with Crippen molar-refractivity contribution in [1.82, 2.24) is 20.4 Å². The third kappa shape index (κ3) is 5.49. The van der Waals surface area contributed by atoms with Crippen molar-refractivity contribution in [3.05, 3.63) is 17.0 Å². The van der Waals surface area contributed by atoms with Crippen molar-refractivity contribution in [1.29, 1.82) is 0 Å². The van der Waals surface area contributed by atoms with Crippen LogP contribution in [0.1, 0.15) is 36.2 Å². The van der Waals surface area contributed by atoms with E-state index in [1.807, 2.05) is 18.7 Å². The molecule has 7 heteroatoms. The molecule has 1 aromatic heterocycles. The predicted molar refractivity (Wildman–Crippen MR) is 89.5 cm³/mol. The van der Waals surface area contributed by atoms with Crippen molar-refractivity contribution in [2.45, 2.75) is 45.6 Å². The smallest absolute Gasteiger partial charge is 0.220 e. The molecule has 1 aliphatic rings. The summed E-state index contributed by atoms with van der Waals surface area (Å²) in [7, 11) is 1.94. The quantitative estimate of drug-likeness (QED) is 0.879. The van der Waals surface area contributed by atoms with E-state index in [1.165, 1.54) is 5.56 Å². The van der Waals surface area contributed by atoms with Gasteiger partial charge in [0, 0.05) is 31.7 Å². The van der Waals surface area contributed by atoms with E-state index in [9.17, 15) is 4.79 Å². The molecule has 0 aromatic carbocycles. The van der Waals surface area contributed by atoms with E-state index < -0.39 is 0 Å². The van der Waals surface area contributed by atoms with Gasteiger partial charge in [-0.25, -0.2) is 0 Å². The Balaban J connectivity index is 0.00000200. The number of carbonyl (C=O) groups is 1. The average molecular weight is 337 g/mol. The summed E-state index contributed by atoms with van der Waals surface area (Å²) in [5.41, 5.74) is 3.40. The van der Waals surface area contributed by atoms with E-state index in [2.05, 4.69) is 22.7 Å². The minimum Gasteiger partial charge on any atom is -0.352 e. The topological polar surface area (TPSA) is 59.0 Å². The van der Waals surface area contributed by atoms with Crippen molar-refractivity contribution in [2.75, 3.05) is 13.1 Å². The molecule has 0 radical (unpaired) electrons. The summed E-state index contributed by atoms with van der Waals surface area (Å²) in [4.78, 5) is 11.9. The number of hydrogen-bond donors (Lipinski definition) is 2. The van der Waals surface area contributed by atoms with E-state index in [0.29, 0.717) is 12.5 Å². The summed E-state index contributed by atoms with van der Waals surface area (Å²) in [5.74, 6) is 0.149. The van der Waals surface area contributed by atoms with E-state index >= 15 is 0 Å². The molecule has 5 nitrogen and oxygen atoms in total. The summed E-state index contributed by atoms with van der Waals surface area (Å²) < 4.78 is 1.88. The maximum Gasteiger partial charge on any atom is 0.220 e. The van der Waals surface area contributed by atoms with Gasteiger partial charge in [0.2, 0.25) is 5.91 Å². The van der Waals surface area contributed by atoms with Crippen LogP contribution in [0.5, 0.6) is 0 Å². The number of amides is 1. The monoisotopic (exact) mass is 336 g/mol. The minimum absolute atomic E-state index is 0. The minimum atomic E-state index is 0. The van der Waals surface area contributed by atoms with Crippen LogP contribution in [0.4, 0.5) is 0 Å². The SMILES string of the molecule is Cc1nn(C)c(C)c1CCC(=O)NC1CCCNC1.Cl.Cl. The summed E-state index contributed by atoms with van der Waals surface area (Å²) in [6.07, 6.45) is 3.55. The molecule has 2 heterocycles. The van der Waals surface area contributed by atoms with Gasteiger partial charge in [-0.3, -0.25) is 9.48 Å². The van der Waals surface area contributed by atoms with Crippen LogP contribution in [0, 0.1) is 13.8 Å². The summed E-state index contributed by atoms with van der Waals surface area (Å²) in [6.45, 7) is 6.03. The number of nitrogens with one attached hydrogen (secondary N) is 2. The Morgan fingerprint density at radius 3 is 2.67 bits per heavy atom. The standard InChI is InChI=1S/C14H24N4O.2ClH/c1-10-13(11(2)18(3)17-10)6-7-14(19)16-12-5-4-8-15-9-12;;/h12,15H,4-9H2,1-3H3,(H,16,19);2*1H. The Morgan fingerprint density at radius 1 is 1.43 bits per heavy atom. The molecule has 1 aromatic rings. The summed E-state index contributed by atoms with van der Waals surface area (Å²) >= 11 is 0. The molecule has 1 aliphatic heterocycles. The Labute approximate surface area is 139 Å². The van der Waals surface area contributed by atoms with Crippen molar-refractivity contribution in [3.63, 3.8) is 0 Å². The normalized spacial score (nSPS) is 17.6. The molecule has 122 valence electrons. The van der Waals surface area contributed by atoms with Gasteiger partial charge in [-0.2, -0.15) is 5.10 Å². The Kier molecular flexibility index (Phi) is 8.94. The van der Waals surface area contributed by atoms with Crippen LogP contribution in [0.2, 0.25) is 0 Å². The van der Waals surface area contributed by atoms with E-state index in [4.69, 9.17) is 0 Å². The molecule has 2 N–H and O–H groups in total. The zero-order valence-corrected chi connectivity index (χ0v) is 14.6. The number of nitrogens with zero attached hydrogens (tertiary/aromatic N) is 2. The molecule has 0 aliphatic carbocycles. The van der Waals surface area contributed by atoms with Gasteiger partial charge < -0.3 is 10.6 Å². The zero-order valence-electron chi connectivity index (χ0n) is 12.9. The van der Waals surface area contributed by atoms with Gasteiger partial charge in [0.15, 0.2) is 0 Å². The molecule has 21 heavy (non-hydrogen) atoms. The van der Waals surface area contributed by atoms with Crippen molar-refractivity contribution in [3.8, 4) is 0 Å². The number of halogens is 2. The van der Waals surface area contributed by atoms with E-state index in [-0.39, 0.29) is 30.7 Å². The molecule has 0 saturated carbocycles. The van der Waals surface area contributed by atoms with Crippen LogP contribution in [-0.2, 0) is 18.3 Å². The lowest BCUT2D eigenvalue weighted by atomic mass is 10.1. The average Bonchev–Trinajstić information content (AvgIpc) is 2.62. The fourth-order valence-corrected chi connectivity index (χ4v) is 2.69. The second-order valence-corrected chi connectivity index (χ2v) is 5.38. The Bertz CT molecular complexity index is 456. The molecule has 1 saturated heterocycles. The maximum absolute atomic E-state index is 11.9. The lowest BCUT2D eigenvalue weighted by molar-refractivity contribution is -0.121. The van der Waals surface area contributed by atoms with Gasteiger partial charge in [-0.15, -0.1) is 24.8 Å². The summed E-state index contributed by atoms with van der Waals surface area (Å²) in [6, 6.07) is 0.303. The number of aryl methyl sites for hydroxylation is 2. The number of hydrogen-bond acceptors (Lipinski definition) is 3. The molecule has 1 unspecified atom stereocenters. The second-order valence-electron chi connectivity index (χ2n) is 5.38.